The average molecular weight is 303 g/mol. The van der Waals surface area contributed by atoms with Crippen molar-refractivity contribution in [2.45, 2.75) is 5.38 Å². The van der Waals surface area contributed by atoms with Crippen LogP contribution in [0.2, 0.25) is 0 Å². The molecule has 0 atom stereocenters. The first-order valence-electron chi connectivity index (χ1n) is 5.45. The molecule has 0 saturated carbocycles. The van der Waals surface area contributed by atoms with E-state index in [2.05, 4.69) is 14.7 Å². The lowest BCUT2D eigenvalue weighted by Gasteiger charge is -2.00. The van der Waals surface area contributed by atoms with Crippen molar-refractivity contribution < 1.29 is 22.8 Å². The predicted molar refractivity (Wildman–Crippen MR) is 65.7 cm³/mol. The van der Waals surface area contributed by atoms with Gasteiger partial charge in [0.2, 0.25) is 5.82 Å². The fourth-order valence-corrected chi connectivity index (χ4v) is 1.55. The largest absolute Gasteiger partial charge is 0.400 e. The summed E-state index contributed by atoms with van der Waals surface area (Å²) in [6, 6.07) is 6.07. The van der Waals surface area contributed by atoms with Crippen molar-refractivity contribution in [1.82, 2.24) is 10.1 Å². The van der Waals surface area contributed by atoms with Gasteiger partial charge in [-0.2, -0.15) is 13.8 Å². The van der Waals surface area contributed by atoms with E-state index >= 15 is 0 Å². The Balaban J connectivity index is 2.22. The number of nitrogens with zero attached hydrogens (tertiary/aromatic N) is 2. The maximum Gasteiger partial charge on any atom is 0.400 e. The van der Waals surface area contributed by atoms with Crippen LogP contribution in [0.1, 0.15) is 16.2 Å². The minimum Gasteiger partial charge on any atom is -0.377 e. The van der Waals surface area contributed by atoms with Gasteiger partial charge in [-0.15, -0.1) is 0 Å². The number of halogens is 3. The van der Waals surface area contributed by atoms with Crippen molar-refractivity contribution in [3.05, 3.63) is 35.7 Å². The van der Waals surface area contributed by atoms with Crippen molar-refractivity contribution in [2.24, 2.45) is 0 Å². The van der Waals surface area contributed by atoms with Crippen LogP contribution in [-0.2, 0) is 10.1 Å². The molecule has 0 unspecified atom stereocenters. The van der Waals surface area contributed by atoms with E-state index in [9.17, 15) is 13.6 Å². The van der Waals surface area contributed by atoms with Crippen LogP contribution in [0.4, 0.5) is 8.78 Å². The van der Waals surface area contributed by atoms with Crippen molar-refractivity contribution in [1.29, 1.82) is 0 Å². The molecule has 8 heteroatoms. The molecule has 20 heavy (non-hydrogen) atoms. The summed E-state index contributed by atoms with van der Waals surface area (Å²) in [5.41, 5.74) is 0.858. The van der Waals surface area contributed by atoms with Gasteiger partial charge in [0.25, 0.3) is 0 Å². The summed E-state index contributed by atoms with van der Waals surface area (Å²) < 4.78 is 34.6. The third-order valence-electron chi connectivity index (χ3n) is 2.41. The van der Waals surface area contributed by atoms with Crippen LogP contribution in [0.15, 0.2) is 28.8 Å². The van der Waals surface area contributed by atoms with E-state index < -0.39 is 11.3 Å². The molecule has 2 rings (SSSR count). The Hall–Kier alpha value is -1.86. The lowest BCUT2D eigenvalue weighted by atomic mass is 10.1. The zero-order chi connectivity index (χ0) is 14.8. The standard InChI is InChI=1S/C12H9ClF2N2O3/c1-19-6-9(18)7-2-4-8(5-3-7)10-16-11(20-17-10)12(13,14)15/h2-5H,6H2,1H3. The number of alkyl halides is 3. The fraction of sp³-hybridized carbons (Fsp3) is 0.250. The van der Waals surface area contributed by atoms with Crippen LogP contribution >= 0.6 is 11.6 Å². The number of benzene rings is 1. The minimum atomic E-state index is -3.71. The van der Waals surface area contributed by atoms with Crippen molar-refractivity contribution in [3.8, 4) is 11.4 Å². The van der Waals surface area contributed by atoms with Gasteiger partial charge in [0.15, 0.2) is 5.78 Å². The molecular weight excluding hydrogens is 294 g/mol. The number of hydrogen-bond acceptors (Lipinski definition) is 5. The van der Waals surface area contributed by atoms with E-state index in [1.165, 1.54) is 31.4 Å². The Kier molecular flexibility index (Phi) is 4.10. The first-order chi connectivity index (χ1) is 9.41. The third kappa shape index (κ3) is 3.17. The number of rotatable bonds is 5. The molecule has 0 aliphatic rings. The molecule has 2 aromatic rings. The molecule has 106 valence electrons. The van der Waals surface area contributed by atoms with Gasteiger partial charge in [0.1, 0.15) is 6.61 Å². The van der Waals surface area contributed by atoms with E-state index in [4.69, 9.17) is 16.3 Å². The highest BCUT2D eigenvalue weighted by Crippen LogP contribution is 2.32. The molecule has 0 bridgehead atoms. The molecule has 1 aromatic carbocycles. The minimum absolute atomic E-state index is 0.0361. The zero-order valence-corrected chi connectivity index (χ0v) is 11.0. The Morgan fingerprint density at radius 3 is 2.55 bits per heavy atom. The first-order valence-corrected chi connectivity index (χ1v) is 5.83. The van der Waals surface area contributed by atoms with E-state index in [1.54, 1.807) is 0 Å². The molecule has 0 spiro atoms. The topological polar surface area (TPSA) is 65.2 Å². The molecule has 0 N–H and O–H groups in total. The number of Topliss-reactive ketones (excluding diaryl/α,β-unsaturated/α-hetero) is 1. The molecule has 1 heterocycles. The fourth-order valence-electron chi connectivity index (χ4n) is 1.48. The molecule has 0 saturated heterocycles. The van der Waals surface area contributed by atoms with Gasteiger partial charge in [-0.1, -0.05) is 29.4 Å². The van der Waals surface area contributed by atoms with Gasteiger partial charge in [-0.25, -0.2) is 0 Å². The van der Waals surface area contributed by atoms with Crippen LogP contribution in [0.3, 0.4) is 0 Å². The molecule has 0 amide bonds. The van der Waals surface area contributed by atoms with E-state index in [0.717, 1.165) is 0 Å². The highest BCUT2D eigenvalue weighted by molar-refractivity contribution is 6.21. The summed E-state index contributed by atoms with van der Waals surface area (Å²) in [6.45, 7) is -0.0375. The Labute approximate surface area is 117 Å². The highest BCUT2D eigenvalue weighted by Gasteiger charge is 2.35. The Morgan fingerprint density at radius 2 is 2.05 bits per heavy atom. The van der Waals surface area contributed by atoms with E-state index in [1.807, 2.05) is 0 Å². The monoisotopic (exact) mass is 302 g/mol. The SMILES string of the molecule is COCC(=O)c1ccc(-c2noc(C(F)(F)Cl)n2)cc1. The number of methoxy groups -OCH3 is 1. The normalized spacial score (nSPS) is 11.6. The molecule has 5 nitrogen and oxygen atoms in total. The van der Waals surface area contributed by atoms with E-state index in [-0.39, 0.29) is 18.2 Å². The summed E-state index contributed by atoms with van der Waals surface area (Å²) in [6.07, 6.45) is 0. The van der Waals surface area contributed by atoms with E-state index in [0.29, 0.717) is 11.1 Å². The third-order valence-corrected chi connectivity index (χ3v) is 2.57. The molecule has 0 radical (unpaired) electrons. The van der Waals surface area contributed by atoms with Gasteiger partial charge in [-0.3, -0.25) is 4.79 Å². The predicted octanol–water partition coefficient (Wildman–Crippen LogP) is 2.85. The van der Waals surface area contributed by atoms with Crippen molar-refractivity contribution in [3.63, 3.8) is 0 Å². The number of ether oxygens (including phenoxy) is 1. The maximum atomic E-state index is 12.7. The summed E-state index contributed by atoms with van der Waals surface area (Å²) in [7, 11) is 1.42. The maximum absolute atomic E-state index is 12.7. The number of carbonyl (C=O) groups is 1. The first kappa shape index (κ1) is 14.5. The van der Waals surface area contributed by atoms with Gasteiger partial charge < -0.3 is 9.26 Å². The second kappa shape index (κ2) is 5.64. The number of ketones is 1. The van der Waals surface area contributed by atoms with Gasteiger partial charge >= 0.3 is 11.3 Å². The van der Waals surface area contributed by atoms with Gasteiger partial charge in [0, 0.05) is 18.2 Å². The number of hydrogen-bond donors (Lipinski definition) is 0. The van der Waals surface area contributed by atoms with Crippen LogP contribution in [0.5, 0.6) is 0 Å². The summed E-state index contributed by atoms with van der Waals surface area (Å²) in [4.78, 5) is 15.0. The quantitative estimate of drug-likeness (QED) is 0.627. The van der Waals surface area contributed by atoms with Crippen LogP contribution < -0.4 is 0 Å². The summed E-state index contributed by atoms with van der Waals surface area (Å²) in [5.74, 6) is -1.21. The summed E-state index contributed by atoms with van der Waals surface area (Å²) >= 11 is 4.77. The smallest absolute Gasteiger partial charge is 0.377 e. The number of carbonyl (C=O) groups excluding carboxylic acids is 1. The Bertz CT molecular complexity index is 608. The van der Waals surface area contributed by atoms with Gasteiger partial charge in [-0.05, 0) is 11.6 Å². The van der Waals surface area contributed by atoms with Crippen LogP contribution in [0.25, 0.3) is 11.4 Å². The number of aromatic nitrogens is 2. The second-order valence-electron chi connectivity index (χ2n) is 3.85. The average Bonchev–Trinajstić information content (AvgIpc) is 2.89. The van der Waals surface area contributed by atoms with Crippen LogP contribution in [0, 0.1) is 0 Å². The lowest BCUT2D eigenvalue weighted by molar-refractivity contribution is 0.0551. The summed E-state index contributed by atoms with van der Waals surface area (Å²) in [5, 5.41) is -0.305. The lowest BCUT2D eigenvalue weighted by Crippen LogP contribution is -2.06. The van der Waals surface area contributed by atoms with Gasteiger partial charge in [0.05, 0.1) is 0 Å². The molecule has 0 aliphatic heterocycles. The second-order valence-corrected chi connectivity index (χ2v) is 4.33. The zero-order valence-electron chi connectivity index (χ0n) is 10.3. The molecule has 0 fully saturated rings. The Morgan fingerprint density at radius 1 is 1.40 bits per heavy atom. The van der Waals surface area contributed by atoms with Crippen molar-refractivity contribution >= 4 is 17.4 Å². The molecule has 0 aliphatic carbocycles. The molecular formula is C12H9ClF2N2O3. The highest BCUT2D eigenvalue weighted by atomic mass is 35.5. The van der Waals surface area contributed by atoms with Crippen molar-refractivity contribution in [2.75, 3.05) is 13.7 Å². The molecule has 1 aromatic heterocycles. The van der Waals surface area contributed by atoms with Crippen LogP contribution in [-0.4, -0.2) is 29.6 Å².